The highest BCUT2D eigenvalue weighted by Gasteiger charge is 2.39. The molecule has 0 saturated carbocycles. The van der Waals surface area contributed by atoms with Gasteiger partial charge in [0, 0.05) is 31.6 Å². The number of non-ortho nitro benzene ring substituents is 1. The van der Waals surface area contributed by atoms with Gasteiger partial charge in [0.2, 0.25) is 5.91 Å². The Labute approximate surface area is 278 Å². The second-order valence-electron chi connectivity index (χ2n) is 10.3. The number of halogens is 3. The van der Waals surface area contributed by atoms with Crippen molar-refractivity contribution in [1.29, 1.82) is 0 Å². The molecule has 0 aromatic heterocycles. The summed E-state index contributed by atoms with van der Waals surface area (Å²) in [6.07, 6.45) is -4.61. The summed E-state index contributed by atoms with van der Waals surface area (Å²) >= 11 is 0. The van der Waals surface area contributed by atoms with Gasteiger partial charge in [-0.15, -0.1) is 0 Å². The number of rotatable bonds is 12. The number of likely N-dealkylation sites (tertiary alicyclic amines) is 1. The lowest BCUT2D eigenvalue weighted by Crippen LogP contribution is -2.57. The highest BCUT2D eigenvalue weighted by molar-refractivity contribution is 5.92. The average molecular weight is 699 g/mol. The molecule has 2 aromatic rings. The molecule has 2 atom stereocenters. The van der Waals surface area contributed by atoms with Crippen LogP contribution in [-0.2, 0) is 25.5 Å². The first-order valence-electron chi connectivity index (χ1n) is 15.0. The zero-order valence-corrected chi connectivity index (χ0v) is 26.4. The fourth-order valence-corrected chi connectivity index (χ4v) is 4.47. The molecule has 1 aliphatic rings. The number of hydrazine groups is 1. The van der Waals surface area contributed by atoms with Crippen molar-refractivity contribution in [2.45, 2.75) is 57.3 Å². The number of carbonyl (C=O) groups is 5. The fourth-order valence-electron chi connectivity index (χ4n) is 4.47. The molecular formula is C30H37F3N6O10. The Morgan fingerprint density at radius 2 is 1.73 bits per heavy atom. The number of nitro benzene ring substituents is 1. The van der Waals surface area contributed by atoms with E-state index in [4.69, 9.17) is 25.1 Å². The minimum absolute atomic E-state index is 0.0511. The Kier molecular flexibility index (Phi) is 15.7. The summed E-state index contributed by atoms with van der Waals surface area (Å²) in [6, 6.07) is 12.2. The number of amides is 4. The van der Waals surface area contributed by atoms with Crippen LogP contribution in [0, 0.1) is 10.1 Å². The van der Waals surface area contributed by atoms with Gasteiger partial charge in [-0.05, 0) is 56.8 Å². The zero-order valence-electron chi connectivity index (χ0n) is 26.4. The van der Waals surface area contributed by atoms with Crippen molar-refractivity contribution >= 4 is 35.7 Å². The second kappa shape index (κ2) is 19.4. The molecule has 1 saturated heterocycles. The van der Waals surface area contributed by atoms with Crippen LogP contribution in [0.2, 0.25) is 0 Å². The molecule has 3 rings (SSSR count). The Morgan fingerprint density at radius 1 is 1.10 bits per heavy atom. The van der Waals surface area contributed by atoms with E-state index in [0.29, 0.717) is 32.2 Å². The monoisotopic (exact) mass is 698 g/mol. The van der Waals surface area contributed by atoms with E-state index in [0.717, 1.165) is 10.6 Å². The van der Waals surface area contributed by atoms with Gasteiger partial charge in [0.25, 0.3) is 11.6 Å². The van der Waals surface area contributed by atoms with Crippen molar-refractivity contribution in [1.82, 2.24) is 20.7 Å². The van der Waals surface area contributed by atoms with Crippen LogP contribution in [-0.4, -0.2) is 94.4 Å². The van der Waals surface area contributed by atoms with E-state index in [9.17, 15) is 42.5 Å². The number of hydrogen-bond acceptors (Lipinski definition) is 10. The summed E-state index contributed by atoms with van der Waals surface area (Å²) in [4.78, 5) is 72.9. The summed E-state index contributed by atoms with van der Waals surface area (Å²) in [7, 11) is 0. The van der Waals surface area contributed by atoms with Crippen molar-refractivity contribution < 1.29 is 56.6 Å². The molecule has 1 fully saturated rings. The van der Waals surface area contributed by atoms with Gasteiger partial charge in [-0.3, -0.25) is 25.1 Å². The molecule has 0 aliphatic carbocycles. The molecule has 16 nitrogen and oxygen atoms in total. The second-order valence-corrected chi connectivity index (χ2v) is 10.3. The quantitative estimate of drug-likeness (QED) is 0.143. The van der Waals surface area contributed by atoms with Crippen LogP contribution >= 0.6 is 0 Å². The third-order valence-electron chi connectivity index (χ3n) is 6.78. The van der Waals surface area contributed by atoms with Gasteiger partial charge in [-0.25, -0.2) is 19.4 Å². The number of unbranched alkanes of at least 4 members (excludes halogenated alkanes) is 1. The van der Waals surface area contributed by atoms with Gasteiger partial charge in [-0.2, -0.15) is 13.2 Å². The first-order chi connectivity index (χ1) is 23.2. The number of alkyl carbamates (subject to hydrolysis) is 1. The lowest BCUT2D eigenvalue weighted by molar-refractivity contribution is -0.384. The molecule has 5 N–H and O–H groups in total. The van der Waals surface area contributed by atoms with Gasteiger partial charge in [-0.1, -0.05) is 30.3 Å². The maximum atomic E-state index is 13.7. The molecule has 1 heterocycles. The van der Waals surface area contributed by atoms with E-state index in [1.54, 1.807) is 6.92 Å². The number of carbonyl (C=O) groups excluding carboxylic acids is 4. The van der Waals surface area contributed by atoms with Crippen LogP contribution in [0.15, 0.2) is 54.6 Å². The number of nitro groups is 1. The standard InChI is InChI=1S/C28H36N6O8.C2HF3O2/c1-2-41-27(37)30-23(19-20-9-4-3-5-10-20)26(36)32-17-8-11-24(32)25(35)31-33(18-7-6-16-29)28(38)42-22-14-12-21(13-15-22)34(39)40;3-2(4,5)1(6)7/h3-5,9-10,12-15,23-24H,2,6-8,11,16-19,29H2,1H3,(H,30,37)(H,31,35);(H,6,7)/t23-,24+;/m1./s1. The van der Waals surface area contributed by atoms with Crippen molar-refractivity contribution in [3.05, 3.63) is 70.3 Å². The largest absolute Gasteiger partial charge is 0.490 e. The number of hydrogen-bond donors (Lipinski definition) is 4. The molecule has 1 aliphatic heterocycles. The van der Waals surface area contributed by atoms with Crippen LogP contribution < -0.4 is 21.2 Å². The third-order valence-corrected chi connectivity index (χ3v) is 6.78. The number of alkyl halides is 3. The third kappa shape index (κ3) is 13.3. The maximum Gasteiger partial charge on any atom is 0.490 e. The summed E-state index contributed by atoms with van der Waals surface area (Å²) in [6.45, 7) is 2.52. The van der Waals surface area contributed by atoms with Crippen LogP contribution in [0.1, 0.15) is 38.2 Å². The van der Waals surface area contributed by atoms with Crippen LogP contribution in [0.25, 0.3) is 0 Å². The molecule has 0 radical (unpaired) electrons. The lowest BCUT2D eigenvalue weighted by atomic mass is 10.0. The predicted octanol–water partition coefficient (Wildman–Crippen LogP) is 3.15. The van der Waals surface area contributed by atoms with Crippen LogP contribution in [0.4, 0.5) is 28.4 Å². The first-order valence-corrected chi connectivity index (χ1v) is 15.0. The topological polar surface area (TPSA) is 224 Å². The zero-order chi connectivity index (χ0) is 36.6. The van der Waals surface area contributed by atoms with Crippen molar-refractivity contribution in [2.75, 3.05) is 26.2 Å². The molecular weight excluding hydrogens is 661 g/mol. The molecule has 2 aromatic carbocycles. The van der Waals surface area contributed by atoms with E-state index >= 15 is 0 Å². The number of nitrogens with two attached hydrogens (primary N) is 1. The summed E-state index contributed by atoms with van der Waals surface area (Å²) < 4.78 is 42.1. The minimum Gasteiger partial charge on any atom is -0.475 e. The van der Waals surface area contributed by atoms with E-state index in [2.05, 4.69) is 10.7 Å². The number of aliphatic carboxylic acids is 1. The van der Waals surface area contributed by atoms with Gasteiger partial charge in [0.1, 0.15) is 17.8 Å². The highest BCUT2D eigenvalue weighted by atomic mass is 19.4. The number of nitrogens with zero attached hydrogens (tertiary/aromatic N) is 3. The molecule has 4 amide bonds. The number of ether oxygens (including phenoxy) is 2. The maximum absolute atomic E-state index is 13.7. The van der Waals surface area contributed by atoms with Gasteiger partial charge >= 0.3 is 24.3 Å². The SMILES string of the molecule is CCOC(=O)N[C@H](Cc1ccccc1)C(=O)N1CCC[C@H]1C(=O)NN(CCCCN)C(=O)Oc1ccc([N+](=O)[O-])cc1.O=C(O)C(F)(F)F. The Hall–Kier alpha value is -5.46. The highest BCUT2D eigenvalue weighted by Crippen LogP contribution is 2.21. The van der Waals surface area contributed by atoms with Crippen molar-refractivity contribution in [3.63, 3.8) is 0 Å². The summed E-state index contributed by atoms with van der Waals surface area (Å²) in [5.41, 5.74) is 8.79. The van der Waals surface area contributed by atoms with E-state index < -0.39 is 53.2 Å². The minimum atomic E-state index is -5.08. The molecule has 49 heavy (non-hydrogen) atoms. The van der Waals surface area contributed by atoms with Gasteiger partial charge < -0.3 is 30.5 Å². The Bertz CT molecular complexity index is 1430. The number of carboxylic acids is 1. The Balaban J connectivity index is 0.00000107. The predicted molar refractivity (Wildman–Crippen MR) is 165 cm³/mol. The van der Waals surface area contributed by atoms with Gasteiger partial charge in [0.05, 0.1) is 11.5 Å². The lowest BCUT2D eigenvalue weighted by Gasteiger charge is -2.30. The number of benzene rings is 2. The van der Waals surface area contributed by atoms with Crippen LogP contribution in [0.5, 0.6) is 5.75 Å². The van der Waals surface area contributed by atoms with Gasteiger partial charge in [0.15, 0.2) is 0 Å². The van der Waals surface area contributed by atoms with E-state index in [-0.39, 0.29) is 37.6 Å². The first kappa shape index (κ1) is 39.7. The normalized spacial score (nSPS) is 14.4. The molecule has 0 unspecified atom stereocenters. The molecule has 0 spiro atoms. The summed E-state index contributed by atoms with van der Waals surface area (Å²) in [5, 5.41) is 21.6. The average Bonchev–Trinajstić information content (AvgIpc) is 3.55. The smallest absolute Gasteiger partial charge is 0.475 e. The molecule has 19 heteroatoms. The van der Waals surface area contributed by atoms with Crippen LogP contribution in [0.3, 0.4) is 0 Å². The van der Waals surface area contributed by atoms with Crippen molar-refractivity contribution in [3.8, 4) is 5.75 Å². The van der Waals surface area contributed by atoms with Crippen molar-refractivity contribution in [2.24, 2.45) is 5.73 Å². The molecule has 0 bridgehead atoms. The van der Waals surface area contributed by atoms with E-state index in [1.807, 2.05) is 30.3 Å². The number of nitrogens with one attached hydrogen (secondary N) is 2. The van der Waals surface area contributed by atoms with E-state index in [1.165, 1.54) is 29.2 Å². The Morgan fingerprint density at radius 3 is 2.29 bits per heavy atom. The molecule has 268 valence electrons. The fraction of sp³-hybridized carbons (Fsp3) is 0.433. The number of carboxylic acid groups (broad SMARTS) is 1. The summed E-state index contributed by atoms with van der Waals surface area (Å²) in [5.74, 6) is -3.75.